The summed E-state index contributed by atoms with van der Waals surface area (Å²) in [6, 6.07) is 31.6. The van der Waals surface area contributed by atoms with Crippen LogP contribution in [0.2, 0.25) is 0 Å². The lowest BCUT2D eigenvalue weighted by Gasteiger charge is -2.31. The Hall–Kier alpha value is -4.01. The molecule has 0 bridgehead atoms. The second-order valence-electron chi connectivity index (χ2n) is 8.45. The van der Waals surface area contributed by atoms with Crippen LogP contribution in [0.3, 0.4) is 0 Å². The standard InChI is InChI=1S/C29H21O4P/c30-22-15-13-20-14-16-26(31)29(25(20)18-22)34(32)27-12-5-4-10-23(27)24-11-6-9-21(28(24)33-34)17-19-7-2-1-3-8-19/h1-16,18,30-31H,17H2. The fourth-order valence-electron chi connectivity index (χ4n) is 4.75. The summed E-state index contributed by atoms with van der Waals surface area (Å²) in [7, 11) is -3.78. The lowest BCUT2D eigenvalue weighted by atomic mass is 9.97. The van der Waals surface area contributed by atoms with Gasteiger partial charge in [0.2, 0.25) is 0 Å². The van der Waals surface area contributed by atoms with Gasteiger partial charge in [-0.05, 0) is 46.3 Å². The highest BCUT2D eigenvalue weighted by Crippen LogP contribution is 2.57. The summed E-state index contributed by atoms with van der Waals surface area (Å²) in [6.07, 6.45) is 0.620. The van der Waals surface area contributed by atoms with Crippen molar-refractivity contribution in [3.05, 3.63) is 114 Å². The van der Waals surface area contributed by atoms with E-state index in [1.54, 1.807) is 24.3 Å². The number of fused-ring (bicyclic) bond motifs is 4. The molecule has 5 aromatic carbocycles. The maximum atomic E-state index is 14.9. The molecule has 1 aliphatic rings. The minimum absolute atomic E-state index is 0.0291. The Labute approximate surface area is 197 Å². The highest BCUT2D eigenvalue weighted by molar-refractivity contribution is 7.75. The number of phenolic OH excluding ortho intramolecular Hbond substituents is 2. The summed E-state index contributed by atoms with van der Waals surface area (Å²) in [5.41, 5.74) is 3.73. The summed E-state index contributed by atoms with van der Waals surface area (Å²) in [5, 5.41) is 23.1. The second kappa shape index (κ2) is 7.79. The second-order valence-corrected chi connectivity index (χ2v) is 10.7. The molecule has 4 nitrogen and oxygen atoms in total. The first-order valence-corrected chi connectivity index (χ1v) is 12.7. The molecular formula is C29H21O4P. The average molecular weight is 464 g/mol. The van der Waals surface area contributed by atoms with E-state index in [0.29, 0.717) is 22.9 Å². The monoisotopic (exact) mass is 464 g/mol. The van der Waals surface area contributed by atoms with Crippen LogP contribution in [0.15, 0.2) is 103 Å². The van der Waals surface area contributed by atoms with E-state index < -0.39 is 7.37 Å². The third-order valence-corrected chi connectivity index (χ3v) is 8.84. The van der Waals surface area contributed by atoms with Gasteiger partial charge >= 0.3 is 7.37 Å². The number of aromatic hydroxyl groups is 2. The zero-order valence-electron chi connectivity index (χ0n) is 18.2. The first-order chi connectivity index (χ1) is 16.5. The van der Waals surface area contributed by atoms with Crippen molar-refractivity contribution in [3.8, 4) is 28.4 Å². The number of rotatable bonds is 3. The quantitative estimate of drug-likeness (QED) is 0.315. The van der Waals surface area contributed by atoms with Gasteiger partial charge in [0.25, 0.3) is 0 Å². The van der Waals surface area contributed by atoms with Crippen LogP contribution in [-0.2, 0) is 11.0 Å². The first-order valence-electron chi connectivity index (χ1n) is 11.1. The number of phenols is 2. The molecule has 5 heteroatoms. The summed E-state index contributed by atoms with van der Waals surface area (Å²) in [5.74, 6) is 0.464. The zero-order chi connectivity index (χ0) is 23.3. The van der Waals surface area contributed by atoms with Crippen molar-refractivity contribution >= 4 is 28.8 Å². The Kier molecular flexibility index (Phi) is 4.72. The van der Waals surface area contributed by atoms with Gasteiger partial charge in [-0.15, -0.1) is 0 Å². The Bertz CT molecular complexity index is 1600. The number of hydrogen-bond acceptors (Lipinski definition) is 4. The molecule has 34 heavy (non-hydrogen) atoms. The maximum Gasteiger partial charge on any atom is 0.311 e. The highest BCUT2D eigenvalue weighted by atomic mass is 31.2. The van der Waals surface area contributed by atoms with Crippen molar-refractivity contribution in [3.63, 3.8) is 0 Å². The molecular weight excluding hydrogens is 443 g/mol. The first kappa shape index (κ1) is 20.6. The van der Waals surface area contributed by atoms with Crippen LogP contribution in [0.1, 0.15) is 11.1 Å². The molecule has 6 rings (SSSR count). The minimum Gasteiger partial charge on any atom is -0.508 e. The Morgan fingerprint density at radius 3 is 2.32 bits per heavy atom. The molecule has 1 unspecified atom stereocenters. The SMILES string of the molecule is O=P1(c2c(O)ccc3ccc(O)cc23)Oc2c(Cc3ccccc3)cccc2-c2ccccc21. The third-order valence-electron chi connectivity index (χ3n) is 6.31. The topological polar surface area (TPSA) is 66.8 Å². The molecule has 0 saturated heterocycles. The molecule has 0 spiro atoms. The largest absolute Gasteiger partial charge is 0.508 e. The van der Waals surface area contributed by atoms with E-state index in [2.05, 4.69) is 12.1 Å². The molecule has 0 aromatic heterocycles. The van der Waals surface area contributed by atoms with E-state index in [1.165, 1.54) is 12.1 Å². The van der Waals surface area contributed by atoms with Gasteiger partial charge in [0.15, 0.2) is 0 Å². The molecule has 0 saturated carbocycles. The van der Waals surface area contributed by atoms with Crippen molar-refractivity contribution in [1.82, 2.24) is 0 Å². The maximum absolute atomic E-state index is 14.9. The molecule has 0 amide bonds. The van der Waals surface area contributed by atoms with Crippen LogP contribution < -0.4 is 15.1 Å². The van der Waals surface area contributed by atoms with Crippen molar-refractivity contribution in [2.75, 3.05) is 0 Å². The minimum atomic E-state index is -3.78. The fraction of sp³-hybridized carbons (Fsp3) is 0.0345. The van der Waals surface area contributed by atoms with Gasteiger partial charge < -0.3 is 14.7 Å². The van der Waals surface area contributed by atoms with Crippen LogP contribution in [0.25, 0.3) is 21.9 Å². The number of para-hydroxylation sites is 1. The van der Waals surface area contributed by atoms with E-state index in [-0.39, 0.29) is 16.8 Å². The molecule has 0 radical (unpaired) electrons. The van der Waals surface area contributed by atoms with Crippen molar-refractivity contribution < 1.29 is 19.3 Å². The van der Waals surface area contributed by atoms with Crippen molar-refractivity contribution in [1.29, 1.82) is 0 Å². The number of benzene rings is 5. The summed E-state index contributed by atoms with van der Waals surface area (Å²) in [6.45, 7) is 0. The molecule has 0 aliphatic carbocycles. The van der Waals surface area contributed by atoms with Crippen LogP contribution in [0.5, 0.6) is 17.2 Å². The Morgan fingerprint density at radius 2 is 1.47 bits per heavy atom. The predicted octanol–water partition coefficient (Wildman–Crippen LogP) is 6.13. The van der Waals surface area contributed by atoms with Gasteiger partial charge in [-0.1, -0.05) is 78.9 Å². The van der Waals surface area contributed by atoms with Gasteiger partial charge in [0.05, 0.1) is 5.30 Å². The van der Waals surface area contributed by atoms with Gasteiger partial charge in [0.1, 0.15) is 22.6 Å². The lowest BCUT2D eigenvalue weighted by Crippen LogP contribution is -2.26. The van der Waals surface area contributed by atoms with Crippen LogP contribution in [0.4, 0.5) is 0 Å². The molecule has 5 aromatic rings. The molecule has 1 atom stereocenters. The highest BCUT2D eigenvalue weighted by Gasteiger charge is 2.41. The van der Waals surface area contributed by atoms with E-state index in [0.717, 1.165) is 27.6 Å². The average Bonchev–Trinajstić information content (AvgIpc) is 2.85. The van der Waals surface area contributed by atoms with Crippen LogP contribution in [-0.4, -0.2) is 10.2 Å². The smallest absolute Gasteiger partial charge is 0.311 e. The zero-order valence-corrected chi connectivity index (χ0v) is 19.1. The fourth-order valence-corrected chi connectivity index (χ4v) is 7.34. The number of hydrogen-bond donors (Lipinski definition) is 2. The molecule has 2 N–H and O–H groups in total. The predicted molar refractivity (Wildman–Crippen MR) is 136 cm³/mol. The van der Waals surface area contributed by atoms with Crippen molar-refractivity contribution in [2.45, 2.75) is 6.42 Å². The van der Waals surface area contributed by atoms with Gasteiger partial charge in [-0.25, -0.2) is 0 Å². The van der Waals surface area contributed by atoms with Crippen LogP contribution in [0, 0.1) is 0 Å². The molecule has 1 heterocycles. The lowest BCUT2D eigenvalue weighted by molar-refractivity contribution is 0.472. The molecule has 1 aliphatic heterocycles. The third kappa shape index (κ3) is 3.19. The molecule has 166 valence electrons. The van der Waals surface area contributed by atoms with Crippen molar-refractivity contribution in [2.24, 2.45) is 0 Å². The molecule has 0 fully saturated rings. The summed E-state index contributed by atoms with van der Waals surface area (Å²) in [4.78, 5) is 0. The van der Waals surface area contributed by atoms with Crippen LogP contribution >= 0.6 is 7.37 Å². The van der Waals surface area contributed by atoms with Gasteiger partial charge in [0, 0.05) is 17.4 Å². The Balaban J connectivity index is 1.63. The van der Waals surface area contributed by atoms with Gasteiger partial charge in [-0.2, -0.15) is 0 Å². The Morgan fingerprint density at radius 1 is 0.735 bits per heavy atom. The van der Waals surface area contributed by atoms with E-state index >= 15 is 0 Å². The van der Waals surface area contributed by atoms with E-state index in [1.807, 2.05) is 54.6 Å². The summed E-state index contributed by atoms with van der Waals surface area (Å²) < 4.78 is 21.4. The van der Waals surface area contributed by atoms with E-state index in [4.69, 9.17) is 4.52 Å². The summed E-state index contributed by atoms with van der Waals surface area (Å²) >= 11 is 0. The van der Waals surface area contributed by atoms with E-state index in [9.17, 15) is 14.8 Å². The van der Waals surface area contributed by atoms with Gasteiger partial charge in [-0.3, -0.25) is 4.57 Å². The normalized spacial score (nSPS) is 16.5.